The first-order valence-electron chi connectivity index (χ1n) is 3.94. The minimum Gasteiger partial charge on any atom is -0.337 e. The summed E-state index contributed by atoms with van der Waals surface area (Å²) in [7, 11) is 0. The van der Waals surface area contributed by atoms with Crippen LogP contribution in [-0.2, 0) is 0 Å². The Morgan fingerprint density at radius 1 is 1.50 bits per heavy atom. The Morgan fingerprint density at radius 3 is 2.83 bits per heavy atom. The van der Waals surface area contributed by atoms with Gasteiger partial charge in [0.05, 0.1) is 0 Å². The third-order valence-electron chi connectivity index (χ3n) is 1.97. The highest BCUT2D eigenvalue weighted by atomic mass is 32.1. The Hall–Kier alpha value is -0.970. The minimum atomic E-state index is 0.0289. The molecule has 2 rings (SSSR count). The molecule has 4 nitrogen and oxygen atoms in total. The summed E-state index contributed by atoms with van der Waals surface area (Å²) >= 11 is 1.22. The van der Waals surface area contributed by atoms with Crippen molar-refractivity contribution in [1.29, 1.82) is 0 Å². The molecule has 1 fully saturated rings. The van der Waals surface area contributed by atoms with Crippen LogP contribution in [0.25, 0.3) is 0 Å². The maximum Gasteiger partial charge on any atom is 0.275 e. The molecule has 0 bridgehead atoms. The summed E-state index contributed by atoms with van der Waals surface area (Å²) in [6.45, 7) is 1.74. The minimum absolute atomic E-state index is 0.0289. The highest BCUT2D eigenvalue weighted by Gasteiger charge is 2.20. The fourth-order valence-corrected chi connectivity index (χ4v) is 1.77. The van der Waals surface area contributed by atoms with Gasteiger partial charge >= 0.3 is 0 Å². The Balaban J connectivity index is 2.09. The number of carbonyl (C=O) groups is 1. The smallest absolute Gasteiger partial charge is 0.275 e. The maximum atomic E-state index is 11.5. The molecule has 2 heterocycles. The van der Waals surface area contributed by atoms with E-state index in [2.05, 4.69) is 9.59 Å². The summed E-state index contributed by atoms with van der Waals surface area (Å²) in [5.41, 5.74) is 0.488. The first kappa shape index (κ1) is 7.67. The molecule has 0 aromatic carbocycles. The second-order valence-electron chi connectivity index (χ2n) is 2.79. The molecule has 0 aliphatic carbocycles. The van der Waals surface area contributed by atoms with Crippen molar-refractivity contribution < 1.29 is 4.79 Å². The lowest BCUT2D eigenvalue weighted by Gasteiger charge is -2.12. The van der Waals surface area contributed by atoms with Crippen molar-refractivity contribution in [2.24, 2.45) is 0 Å². The topological polar surface area (TPSA) is 46.1 Å². The summed E-state index contributed by atoms with van der Waals surface area (Å²) < 4.78 is 3.66. The molecular formula is C7H9N3OS. The van der Waals surface area contributed by atoms with Gasteiger partial charge in [-0.2, -0.15) is 0 Å². The molecule has 0 unspecified atom stereocenters. The number of aromatic nitrogens is 2. The van der Waals surface area contributed by atoms with Gasteiger partial charge in [0.15, 0.2) is 5.69 Å². The van der Waals surface area contributed by atoms with Crippen molar-refractivity contribution in [2.45, 2.75) is 12.8 Å². The van der Waals surface area contributed by atoms with Crippen LogP contribution in [-0.4, -0.2) is 33.5 Å². The molecule has 0 atom stereocenters. The van der Waals surface area contributed by atoms with Gasteiger partial charge in [0.1, 0.15) is 0 Å². The number of amides is 1. The summed E-state index contributed by atoms with van der Waals surface area (Å²) in [5, 5.41) is 5.43. The van der Waals surface area contributed by atoms with E-state index in [1.54, 1.807) is 5.38 Å². The lowest BCUT2D eigenvalue weighted by molar-refractivity contribution is 0.0787. The largest absolute Gasteiger partial charge is 0.337 e. The van der Waals surface area contributed by atoms with Crippen molar-refractivity contribution in [3.05, 3.63) is 11.1 Å². The lowest BCUT2D eigenvalue weighted by atomic mass is 10.4. The zero-order valence-electron chi connectivity index (χ0n) is 6.56. The SMILES string of the molecule is O=C(c1csnn1)N1CCCC1. The van der Waals surface area contributed by atoms with Crippen LogP contribution in [0.4, 0.5) is 0 Å². The van der Waals surface area contributed by atoms with Gasteiger partial charge in [-0.3, -0.25) is 4.79 Å². The molecular weight excluding hydrogens is 174 g/mol. The lowest BCUT2D eigenvalue weighted by Crippen LogP contribution is -2.27. The molecule has 0 radical (unpaired) electrons. The Kier molecular flexibility index (Phi) is 2.03. The van der Waals surface area contributed by atoms with Gasteiger partial charge in [-0.15, -0.1) is 5.10 Å². The summed E-state index contributed by atoms with van der Waals surface area (Å²) in [5.74, 6) is 0.0289. The monoisotopic (exact) mass is 183 g/mol. The maximum absolute atomic E-state index is 11.5. The zero-order chi connectivity index (χ0) is 8.39. The predicted octanol–water partition coefficient (Wildman–Crippen LogP) is 0.774. The van der Waals surface area contributed by atoms with E-state index < -0.39 is 0 Å². The van der Waals surface area contributed by atoms with Gasteiger partial charge in [0.25, 0.3) is 5.91 Å². The van der Waals surface area contributed by atoms with Gasteiger partial charge < -0.3 is 4.90 Å². The van der Waals surface area contributed by atoms with Gasteiger partial charge in [0.2, 0.25) is 0 Å². The molecule has 1 aromatic rings. The van der Waals surface area contributed by atoms with E-state index >= 15 is 0 Å². The number of nitrogens with zero attached hydrogens (tertiary/aromatic N) is 3. The normalized spacial score (nSPS) is 16.8. The molecule has 12 heavy (non-hydrogen) atoms. The van der Waals surface area contributed by atoms with Crippen molar-refractivity contribution >= 4 is 17.4 Å². The molecule has 1 aliphatic rings. The van der Waals surface area contributed by atoms with Gasteiger partial charge in [-0.1, -0.05) is 4.49 Å². The third kappa shape index (κ3) is 1.32. The highest BCUT2D eigenvalue weighted by molar-refractivity contribution is 7.03. The van der Waals surface area contributed by atoms with Crippen molar-refractivity contribution in [2.75, 3.05) is 13.1 Å². The first-order valence-corrected chi connectivity index (χ1v) is 4.78. The third-order valence-corrected chi connectivity index (χ3v) is 2.48. The first-order chi connectivity index (χ1) is 5.88. The molecule has 5 heteroatoms. The molecule has 1 saturated heterocycles. The average molecular weight is 183 g/mol. The summed E-state index contributed by atoms with van der Waals surface area (Å²) in [6, 6.07) is 0. The zero-order valence-corrected chi connectivity index (χ0v) is 7.38. The van der Waals surface area contributed by atoms with Crippen LogP contribution in [0.2, 0.25) is 0 Å². The van der Waals surface area contributed by atoms with E-state index in [4.69, 9.17) is 0 Å². The van der Waals surface area contributed by atoms with Gasteiger partial charge in [-0.05, 0) is 24.4 Å². The standard InChI is InChI=1S/C7H9N3OS/c11-7(6-5-12-9-8-6)10-3-1-2-4-10/h5H,1-4H2. The number of hydrogen-bond donors (Lipinski definition) is 0. The van der Waals surface area contributed by atoms with E-state index in [1.807, 2.05) is 4.90 Å². The Bertz CT molecular complexity index is 266. The predicted molar refractivity (Wildman–Crippen MR) is 45.0 cm³/mol. The van der Waals surface area contributed by atoms with Crippen LogP contribution in [0.3, 0.4) is 0 Å². The number of hydrogen-bond acceptors (Lipinski definition) is 4. The summed E-state index contributed by atoms with van der Waals surface area (Å²) in [4.78, 5) is 13.4. The van der Waals surface area contributed by atoms with E-state index in [0.717, 1.165) is 25.9 Å². The second-order valence-corrected chi connectivity index (χ2v) is 3.40. The summed E-state index contributed by atoms with van der Waals surface area (Å²) in [6.07, 6.45) is 2.23. The van der Waals surface area contributed by atoms with Crippen molar-refractivity contribution in [3.8, 4) is 0 Å². The number of carbonyl (C=O) groups excluding carboxylic acids is 1. The van der Waals surface area contributed by atoms with Crippen LogP contribution < -0.4 is 0 Å². The van der Waals surface area contributed by atoms with Gasteiger partial charge in [-0.25, -0.2) is 0 Å². The van der Waals surface area contributed by atoms with Crippen LogP contribution in [0.1, 0.15) is 23.3 Å². The fourth-order valence-electron chi connectivity index (χ4n) is 1.34. The van der Waals surface area contributed by atoms with E-state index in [9.17, 15) is 4.79 Å². The van der Waals surface area contributed by atoms with Crippen LogP contribution >= 0.6 is 11.5 Å². The Labute approximate surface area is 74.4 Å². The molecule has 0 N–H and O–H groups in total. The highest BCUT2D eigenvalue weighted by Crippen LogP contribution is 2.11. The molecule has 64 valence electrons. The average Bonchev–Trinajstić information content (AvgIpc) is 2.77. The van der Waals surface area contributed by atoms with E-state index in [0.29, 0.717) is 5.69 Å². The van der Waals surface area contributed by atoms with Gasteiger partial charge in [0, 0.05) is 18.5 Å². The molecule has 1 aromatic heterocycles. The molecule has 0 saturated carbocycles. The molecule has 0 spiro atoms. The molecule has 1 aliphatic heterocycles. The van der Waals surface area contributed by atoms with Crippen LogP contribution in [0, 0.1) is 0 Å². The van der Waals surface area contributed by atoms with E-state index in [1.165, 1.54) is 11.5 Å². The molecule has 1 amide bonds. The van der Waals surface area contributed by atoms with E-state index in [-0.39, 0.29) is 5.91 Å². The van der Waals surface area contributed by atoms with Crippen molar-refractivity contribution in [1.82, 2.24) is 14.5 Å². The van der Waals surface area contributed by atoms with Crippen LogP contribution in [0.15, 0.2) is 5.38 Å². The Morgan fingerprint density at radius 2 is 2.25 bits per heavy atom. The second kappa shape index (κ2) is 3.18. The number of rotatable bonds is 1. The van der Waals surface area contributed by atoms with Crippen LogP contribution in [0.5, 0.6) is 0 Å². The fraction of sp³-hybridized carbons (Fsp3) is 0.571. The van der Waals surface area contributed by atoms with Crippen molar-refractivity contribution in [3.63, 3.8) is 0 Å². The quantitative estimate of drug-likeness (QED) is 0.646. The number of likely N-dealkylation sites (tertiary alicyclic amines) is 1.